The first-order valence-electron chi connectivity index (χ1n) is 4.82. The minimum absolute atomic E-state index is 0.0788. The van der Waals surface area contributed by atoms with Crippen molar-refractivity contribution in [1.82, 2.24) is 5.32 Å². The molecule has 3 N–H and O–H groups in total. The van der Waals surface area contributed by atoms with Crippen molar-refractivity contribution in [3.8, 4) is 0 Å². The standard InChI is InChI=1S/C9H14N2O3S/c1-6-9(15(10,12)13)4-8(14-6)5-11-7-2-3-7/h4,7,11H,2-3,5H2,1H3,(H2,10,12,13). The van der Waals surface area contributed by atoms with E-state index in [0.717, 1.165) is 0 Å². The van der Waals surface area contributed by atoms with Gasteiger partial charge in [0, 0.05) is 12.1 Å². The lowest BCUT2D eigenvalue weighted by Crippen LogP contribution is -2.15. The van der Waals surface area contributed by atoms with Crippen molar-refractivity contribution in [3.63, 3.8) is 0 Å². The maximum atomic E-state index is 11.1. The third kappa shape index (κ3) is 2.58. The van der Waals surface area contributed by atoms with E-state index in [2.05, 4.69) is 5.32 Å². The number of furan rings is 1. The fraction of sp³-hybridized carbons (Fsp3) is 0.556. The van der Waals surface area contributed by atoms with Crippen LogP contribution in [0.25, 0.3) is 0 Å². The minimum atomic E-state index is -3.66. The second kappa shape index (κ2) is 3.62. The Morgan fingerprint density at radius 3 is 2.73 bits per heavy atom. The maximum Gasteiger partial charge on any atom is 0.241 e. The zero-order valence-electron chi connectivity index (χ0n) is 8.49. The predicted molar refractivity (Wildman–Crippen MR) is 54.7 cm³/mol. The average molecular weight is 230 g/mol. The lowest BCUT2D eigenvalue weighted by Gasteiger charge is -1.96. The van der Waals surface area contributed by atoms with Crippen LogP contribution in [0.4, 0.5) is 0 Å². The molecule has 1 heterocycles. The first kappa shape index (κ1) is 10.7. The first-order valence-corrected chi connectivity index (χ1v) is 6.37. The van der Waals surface area contributed by atoms with Crippen LogP contribution < -0.4 is 10.5 Å². The molecular weight excluding hydrogens is 216 g/mol. The Morgan fingerprint density at radius 1 is 1.60 bits per heavy atom. The zero-order valence-corrected chi connectivity index (χ0v) is 9.30. The van der Waals surface area contributed by atoms with E-state index in [9.17, 15) is 8.42 Å². The topological polar surface area (TPSA) is 85.3 Å². The summed E-state index contributed by atoms with van der Waals surface area (Å²) in [4.78, 5) is 0.0788. The van der Waals surface area contributed by atoms with Gasteiger partial charge in [0.05, 0.1) is 6.54 Å². The number of primary sulfonamides is 1. The van der Waals surface area contributed by atoms with Crippen molar-refractivity contribution in [1.29, 1.82) is 0 Å². The fourth-order valence-electron chi connectivity index (χ4n) is 1.43. The third-order valence-corrected chi connectivity index (χ3v) is 3.39. The monoisotopic (exact) mass is 230 g/mol. The van der Waals surface area contributed by atoms with Gasteiger partial charge in [-0.1, -0.05) is 0 Å². The second-order valence-electron chi connectivity index (χ2n) is 3.83. The molecule has 0 aliphatic heterocycles. The van der Waals surface area contributed by atoms with E-state index in [1.165, 1.54) is 18.9 Å². The van der Waals surface area contributed by atoms with Crippen LogP contribution in [-0.2, 0) is 16.6 Å². The van der Waals surface area contributed by atoms with Crippen molar-refractivity contribution >= 4 is 10.0 Å². The smallest absolute Gasteiger partial charge is 0.241 e. The fourth-order valence-corrected chi connectivity index (χ4v) is 2.16. The summed E-state index contributed by atoms with van der Waals surface area (Å²) in [6.07, 6.45) is 2.36. The molecule has 2 rings (SSSR count). The van der Waals surface area contributed by atoms with Crippen molar-refractivity contribution in [3.05, 3.63) is 17.6 Å². The Labute approximate surface area is 88.7 Å². The van der Waals surface area contributed by atoms with Crippen molar-refractivity contribution < 1.29 is 12.8 Å². The lowest BCUT2D eigenvalue weighted by atomic mass is 10.4. The highest BCUT2D eigenvalue weighted by molar-refractivity contribution is 7.89. The summed E-state index contributed by atoms with van der Waals surface area (Å²) in [5.41, 5.74) is 0. The molecule has 84 valence electrons. The van der Waals surface area contributed by atoms with Gasteiger partial charge in [0.2, 0.25) is 10.0 Å². The summed E-state index contributed by atoms with van der Waals surface area (Å²) in [7, 11) is -3.66. The van der Waals surface area contributed by atoms with Crippen LogP contribution in [0.5, 0.6) is 0 Å². The van der Waals surface area contributed by atoms with Gasteiger partial charge >= 0.3 is 0 Å². The molecule has 0 bridgehead atoms. The molecule has 5 nitrogen and oxygen atoms in total. The van der Waals surface area contributed by atoms with Gasteiger partial charge in [-0.15, -0.1) is 0 Å². The molecule has 0 saturated heterocycles. The molecule has 0 aromatic carbocycles. The number of aryl methyl sites for hydroxylation is 1. The Morgan fingerprint density at radius 2 is 2.27 bits per heavy atom. The number of nitrogens with one attached hydrogen (secondary N) is 1. The summed E-state index contributed by atoms with van der Waals surface area (Å²) < 4.78 is 27.5. The lowest BCUT2D eigenvalue weighted by molar-refractivity contribution is 0.456. The average Bonchev–Trinajstić information content (AvgIpc) is 2.85. The summed E-state index contributed by atoms with van der Waals surface area (Å²) in [5.74, 6) is 0.966. The molecule has 0 amide bonds. The Balaban J connectivity index is 2.13. The summed E-state index contributed by atoms with van der Waals surface area (Å²) in [6.45, 7) is 2.15. The van der Waals surface area contributed by atoms with E-state index in [1.54, 1.807) is 6.92 Å². The van der Waals surface area contributed by atoms with Crippen LogP contribution in [0.1, 0.15) is 24.4 Å². The van der Waals surface area contributed by atoms with Crippen LogP contribution in [-0.4, -0.2) is 14.5 Å². The van der Waals surface area contributed by atoms with E-state index in [4.69, 9.17) is 9.56 Å². The van der Waals surface area contributed by atoms with Gasteiger partial charge in [-0.25, -0.2) is 13.6 Å². The third-order valence-electron chi connectivity index (χ3n) is 2.37. The molecule has 1 fully saturated rings. The van der Waals surface area contributed by atoms with Crippen molar-refractivity contribution in [2.75, 3.05) is 0 Å². The molecule has 1 aliphatic carbocycles. The number of sulfonamides is 1. The molecule has 0 unspecified atom stereocenters. The zero-order chi connectivity index (χ0) is 11.1. The maximum absolute atomic E-state index is 11.1. The molecular formula is C9H14N2O3S. The van der Waals surface area contributed by atoms with Gasteiger partial charge in [0.15, 0.2) is 0 Å². The van der Waals surface area contributed by atoms with E-state index >= 15 is 0 Å². The predicted octanol–water partition coefficient (Wildman–Crippen LogP) is 0.487. The summed E-state index contributed by atoms with van der Waals surface area (Å²) in [5, 5.41) is 8.27. The minimum Gasteiger partial charge on any atom is -0.464 e. The molecule has 0 atom stereocenters. The van der Waals surface area contributed by atoms with Crippen molar-refractivity contribution in [2.45, 2.75) is 37.2 Å². The Hall–Kier alpha value is -0.850. The van der Waals surface area contributed by atoms with Gasteiger partial charge in [-0.05, 0) is 19.8 Å². The van der Waals surface area contributed by atoms with Gasteiger partial charge in [-0.2, -0.15) is 0 Å². The molecule has 0 radical (unpaired) electrons. The first-order chi connectivity index (χ1) is 6.97. The molecule has 6 heteroatoms. The Kier molecular flexibility index (Phi) is 2.57. The van der Waals surface area contributed by atoms with Crippen LogP contribution in [0, 0.1) is 6.92 Å². The van der Waals surface area contributed by atoms with Crippen LogP contribution in [0.15, 0.2) is 15.4 Å². The molecule has 1 aromatic rings. The van der Waals surface area contributed by atoms with Gasteiger partial charge < -0.3 is 9.73 Å². The van der Waals surface area contributed by atoms with E-state index in [0.29, 0.717) is 24.1 Å². The highest BCUT2D eigenvalue weighted by Gasteiger charge is 2.22. The molecule has 1 aliphatic rings. The second-order valence-corrected chi connectivity index (χ2v) is 5.36. The van der Waals surface area contributed by atoms with Gasteiger partial charge in [0.25, 0.3) is 0 Å². The Bertz CT molecular complexity index is 460. The van der Waals surface area contributed by atoms with Crippen molar-refractivity contribution in [2.24, 2.45) is 5.14 Å². The van der Waals surface area contributed by atoms with E-state index in [-0.39, 0.29) is 4.90 Å². The molecule has 1 saturated carbocycles. The quantitative estimate of drug-likeness (QED) is 0.788. The number of hydrogen-bond acceptors (Lipinski definition) is 4. The normalized spacial score (nSPS) is 16.9. The molecule has 15 heavy (non-hydrogen) atoms. The number of nitrogens with two attached hydrogens (primary N) is 1. The summed E-state index contributed by atoms with van der Waals surface area (Å²) >= 11 is 0. The summed E-state index contributed by atoms with van der Waals surface area (Å²) in [6, 6.07) is 2.05. The SMILES string of the molecule is Cc1oc(CNC2CC2)cc1S(N)(=O)=O. The van der Waals surface area contributed by atoms with Crippen LogP contribution in [0.3, 0.4) is 0 Å². The molecule has 1 aromatic heterocycles. The highest BCUT2D eigenvalue weighted by atomic mass is 32.2. The van der Waals surface area contributed by atoms with Gasteiger partial charge in [-0.3, -0.25) is 0 Å². The molecule has 0 spiro atoms. The van der Waals surface area contributed by atoms with Crippen LogP contribution >= 0.6 is 0 Å². The number of hydrogen-bond donors (Lipinski definition) is 2. The number of rotatable bonds is 4. The van der Waals surface area contributed by atoms with Gasteiger partial charge in [0.1, 0.15) is 16.4 Å². The largest absolute Gasteiger partial charge is 0.464 e. The highest BCUT2D eigenvalue weighted by Crippen LogP contribution is 2.22. The van der Waals surface area contributed by atoms with E-state index in [1.807, 2.05) is 0 Å². The van der Waals surface area contributed by atoms with E-state index < -0.39 is 10.0 Å². The van der Waals surface area contributed by atoms with Crippen LogP contribution in [0.2, 0.25) is 0 Å².